The molecule has 0 spiro atoms. The molecule has 0 aromatic heterocycles. The summed E-state index contributed by atoms with van der Waals surface area (Å²) in [5.41, 5.74) is 4.58. The summed E-state index contributed by atoms with van der Waals surface area (Å²) in [5.74, 6) is 0. The minimum Gasteiger partial charge on any atom is -0.468 e. The normalized spacial score (nSPS) is 7.85. The van der Waals surface area contributed by atoms with Gasteiger partial charge in [0.15, 0.2) is 0 Å². The van der Waals surface area contributed by atoms with Gasteiger partial charge in [0, 0.05) is 12.7 Å². The average Bonchev–Trinajstić information content (AvgIpc) is 2.69. The van der Waals surface area contributed by atoms with Crippen molar-refractivity contribution in [2.75, 3.05) is 13.7 Å². The lowest BCUT2D eigenvalue weighted by Gasteiger charge is -1.90. The Morgan fingerprint density at radius 2 is 1.04 bits per heavy atom. The van der Waals surface area contributed by atoms with Gasteiger partial charge in [-0.1, -0.05) is 85.5 Å². The molecule has 0 bridgehead atoms. The first kappa shape index (κ1) is 29.3. The Kier molecular flexibility index (Phi) is 25.6. The second-order valence-corrected chi connectivity index (χ2v) is 5.44. The first-order chi connectivity index (χ1) is 12.9. The third-order valence-corrected chi connectivity index (χ3v) is 2.67. The summed E-state index contributed by atoms with van der Waals surface area (Å²) in [5, 5.41) is 7.00. The lowest BCUT2D eigenvalue weighted by Crippen LogP contribution is -1.80. The molecular formula is C23H36O4. The van der Waals surface area contributed by atoms with Crippen LogP contribution in [0.3, 0.4) is 0 Å². The quantitative estimate of drug-likeness (QED) is 0.737. The highest BCUT2D eigenvalue weighted by molar-refractivity contribution is 5.74. The van der Waals surface area contributed by atoms with Crippen LogP contribution in [0.1, 0.15) is 54.2 Å². The standard InChI is InChI=1S/C8H8O.C8H10.C3H6O2.C3H8.CH4O/c1-7-2-4-8(6-9)5-3-7;1-7-3-5-8(2)6-4-7;1-2-5-3-4;1-3-2;1-2/h2-6H,1H3;3-6H,1-2H3;3H,2H2,1H3;3H2,1-2H3;2H,1H3. The maximum atomic E-state index is 10.1. The molecule has 0 radical (unpaired) electrons. The van der Waals surface area contributed by atoms with E-state index in [0.29, 0.717) is 13.1 Å². The van der Waals surface area contributed by atoms with Gasteiger partial charge in [-0.15, -0.1) is 0 Å². The maximum absolute atomic E-state index is 10.1. The molecule has 2 aromatic rings. The van der Waals surface area contributed by atoms with E-state index in [0.717, 1.165) is 19.0 Å². The van der Waals surface area contributed by atoms with Gasteiger partial charge in [-0.05, 0) is 27.7 Å². The van der Waals surface area contributed by atoms with E-state index in [1.165, 1.54) is 23.1 Å². The fourth-order valence-corrected chi connectivity index (χ4v) is 1.35. The summed E-state index contributed by atoms with van der Waals surface area (Å²) < 4.78 is 4.15. The van der Waals surface area contributed by atoms with E-state index in [4.69, 9.17) is 5.11 Å². The Morgan fingerprint density at radius 1 is 0.741 bits per heavy atom. The number of hydrogen-bond donors (Lipinski definition) is 1. The van der Waals surface area contributed by atoms with Crippen LogP contribution in [0.4, 0.5) is 0 Å². The molecule has 2 aromatic carbocycles. The Hall–Kier alpha value is -2.46. The molecule has 1 N–H and O–H groups in total. The maximum Gasteiger partial charge on any atom is 0.293 e. The minimum atomic E-state index is 0.431. The summed E-state index contributed by atoms with van der Waals surface area (Å²) in [4.78, 5) is 19.3. The van der Waals surface area contributed by atoms with Crippen LogP contribution in [0, 0.1) is 20.8 Å². The average molecular weight is 377 g/mol. The number of aldehydes is 1. The molecule has 2 rings (SSSR count). The second kappa shape index (κ2) is 23.5. The van der Waals surface area contributed by atoms with Gasteiger partial charge in [0.05, 0.1) is 6.61 Å². The molecular weight excluding hydrogens is 340 g/mol. The SMILES string of the molecule is CCC.CCOC=O.CO.Cc1ccc(C)cc1.Cc1ccc(C=O)cc1. The lowest BCUT2D eigenvalue weighted by molar-refractivity contribution is -0.128. The van der Waals surface area contributed by atoms with Crippen molar-refractivity contribution in [3.8, 4) is 0 Å². The second-order valence-electron chi connectivity index (χ2n) is 5.44. The lowest BCUT2D eigenvalue weighted by atomic mass is 10.2. The van der Waals surface area contributed by atoms with E-state index in [1.54, 1.807) is 6.92 Å². The topological polar surface area (TPSA) is 63.6 Å². The van der Waals surface area contributed by atoms with Crippen molar-refractivity contribution in [3.63, 3.8) is 0 Å². The number of ether oxygens (including phenoxy) is 1. The first-order valence-corrected chi connectivity index (χ1v) is 9.00. The van der Waals surface area contributed by atoms with Gasteiger partial charge in [-0.3, -0.25) is 9.59 Å². The third-order valence-electron chi connectivity index (χ3n) is 2.67. The van der Waals surface area contributed by atoms with Gasteiger partial charge in [0.25, 0.3) is 6.47 Å². The summed E-state index contributed by atoms with van der Waals surface area (Å²) in [6.45, 7) is 13.1. The van der Waals surface area contributed by atoms with E-state index >= 15 is 0 Å². The van der Waals surface area contributed by atoms with Crippen molar-refractivity contribution >= 4 is 12.8 Å². The van der Waals surface area contributed by atoms with Crippen molar-refractivity contribution in [1.29, 1.82) is 0 Å². The van der Waals surface area contributed by atoms with Gasteiger partial charge in [-0.2, -0.15) is 0 Å². The van der Waals surface area contributed by atoms with Crippen molar-refractivity contribution in [3.05, 3.63) is 70.8 Å². The summed E-state index contributed by atoms with van der Waals surface area (Å²) >= 11 is 0. The number of aliphatic hydroxyl groups is 1. The monoisotopic (exact) mass is 376 g/mol. The molecule has 4 nitrogen and oxygen atoms in total. The molecule has 0 heterocycles. The Morgan fingerprint density at radius 3 is 1.22 bits per heavy atom. The highest BCUT2D eigenvalue weighted by atomic mass is 16.5. The molecule has 0 fully saturated rings. The number of carbonyl (C=O) groups is 2. The highest BCUT2D eigenvalue weighted by Gasteiger charge is 1.85. The van der Waals surface area contributed by atoms with Gasteiger partial charge in [0.2, 0.25) is 0 Å². The van der Waals surface area contributed by atoms with Crippen LogP contribution in [-0.4, -0.2) is 31.6 Å². The van der Waals surface area contributed by atoms with Crippen molar-refractivity contribution in [2.24, 2.45) is 0 Å². The van der Waals surface area contributed by atoms with Crippen LogP contribution in [0.5, 0.6) is 0 Å². The number of rotatable bonds is 3. The zero-order chi connectivity index (χ0) is 21.5. The van der Waals surface area contributed by atoms with E-state index in [2.05, 4.69) is 56.7 Å². The fraction of sp³-hybridized carbons (Fsp3) is 0.391. The van der Waals surface area contributed by atoms with E-state index < -0.39 is 0 Å². The molecule has 0 unspecified atom stereocenters. The van der Waals surface area contributed by atoms with E-state index in [-0.39, 0.29) is 0 Å². The molecule has 0 atom stereocenters. The zero-order valence-corrected chi connectivity index (χ0v) is 17.9. The number of hydrogen-bond acceptors (Lipinski definition) is 4. The molecule has 4 heteroatoms. The zero-order valence-electron chi connectivity index (χ0n) is 17.9. The Bertz CT molecular complexity index is 525. The number of carbonyl (C=O) groups excluding carboxylic acids is 2. The van der Waals surface area contributed by atoms with E-state index in [9.17, 15) is 9.59 Å². The molecule has 0 aliphatic carbocycles. The summed E-state index contributed by atoms with van der Waals surface area (Å²) in [7, 11) is 1.00. The van der Waals surface area contributed by atoms with Crippen LogP contribution >= 0.6 is 0 Å². The van der Waals surface area contributed by atoms with Gasteiger partial charge >= 0.3 is 0 Å². The van der Waals surface area contributed by atoms with Crippen molar-refractivity contribution in [2.45, 2.75) is 48.0 Å². The summed E-state index contributed by atoms with van der Waals surface area (Å²) in [6.07, 6.45) is 2.10. The molecule has 0 amide bonds. The summed E-state index contributed by atoms with van der Waals surface area (Å²) in [6, 6.07) is 15.9. The first-order valence-electron chi connectivity index (χ1n) is 9.00. The largest absolute Gasteiger partial charge is 0.468 e. The highest BCUT2D eigenvalue weighted by Crippen LogP contribution is 1.99. The van der Waals surface area contributed by atoms with Crippen molar-refractivity contribution in [1.82, 2.24) is 0 Å². The number of benzene rings is 2. The van der Waals surface area contributed by atoms with Crippen LogP contribution in [0.2, 0.25) is 0 Å². The smallest absolute Gasteiger partial charge is 0.293 e. The molecule has 0 aliphatic rings. The van der Waals surface area contributed by atoms with Crippen LogP contribution in [0.25, 0.3) is 0 Å². The Labute approximate surface area is 165 Å². The molecule has 0 saturated heterocycles. The van der Waals surface area contributed by atoms with Crippen LogP contribution < -0.4 is 0 Å². The van der Waals surface area contributed by atoms with Gasteiger partial charge < -0.3 is 9.84 Å². The van der Waals surface area contributed by atoms with Gasteiger partial charge in [0.1, 0.15) is 6.29 Å². The molecule has 152 valence electrons. The third kappa shape index (κ3) is 23.5. The fourth-order valence-electron chi connectivity index (χ4n) is 1.35. The molecule has 0 saturated carbocycles. The Balaban J connectivity index is -0.000000294. The number of aliphatic hydroxyl groups excluding tert-OH is 1. The minimum absolute atomic E-state index is 0.431. The van der Waals surface area contributed by atoms with Crippen molar-refractivity contribution < 1.29 is 19.4 Å². The van der Waals surface area contributed by atoms with Crippen LogP contribution in [-0.2, 0) is 9.53 Å². The van der Waals surface area contributed by atoms with Gasteiger partial charge in [-0.25, -0.2) is 0 Å². The molecule has 0 aliphatic heterocycles. The number of aryl methyl sites for hydroxylation is 3. The predicted octanol–water partition coefficient (Wildman–Crippen LogP) is 5.32. The predicted molar refractivity (Wildman–Crippen MR) is 114 cm³/mol. The van der Waals surface area contributed by atoms with E-state index in [1.807, 2.05) is 31.2 Å². The molecule has 27 heavy (non-hydrogen) atoms. The van der Waals surface area contributed by atoms with Crippen LogP contribution in [0.15, 0.2) is 48.5 Å².